The van der Waals surface area contributed by atoms with Gasteiger partial charge in [-0.2, -0.15) is 0 Å². The smallest absolute Gasteiger partial charge is 0.335 e. The second-order valence-electron chi connectivity index (χ2n) is 4.53. The number of benzene rings is 1. The number of phenols is 3. The molecule has 0 spiro atoms. The lowest BCUT2D eigenvalue weighted by atomic mass is 10.0. The molecule has 0 bridgehead atoms. The van der Waals surface area contributed by atoms with Crippen molar-refractivity contribution in [2.75, 3.05) is 6.61 Å². The molecule has 0 heterocycles. The SMILES string of the molecule is O=C(O)c1cc(O)c(O)c(O)c1.O=CC(O)C(O)C(O)C(O)CO. The van der Waals surface area contributed by atoms with Crippen LogP contribution in [0.25, 0.3) is 0 Å². The van der Waals surface area contributed by atoms with Gasteiger partial charge in [0.1, 0.15) is 24.4 Å². The molecule has 1 aromatic carbocycles. The van der Waals surface area contributed by atoms with Gasteiger partial charge in [0.05, 0.1) is 12.2 Å². The van der Waals surface area contributed by atoms with Crippen LogP contribution in [-0.2, 0) is 4.79 Å². The van der Waals surface area contributed by atoms with Gasteiger partial charge in [-0.1, -0.05) is 0 Å². The highest BCUT2D eigenvalue weighted by atomic mass is 16.4. The van der Waals surface area contributed by atoms with E-state index < -0.39 is 54.2 Å². The first-order valence-corrected chi connectivity index (χ1v) is 6.33. The predicted molar refractivity (Wildman–Crippen MR) is 75.6 cm³/mol. The molecule has 0 saturated carbocycles. The van der Waals surface area contributed by atoms with Crippen LogP contribution in [0.1, 0.15) is 10.4 Å². The van der Waals surface area contributed by atoms with Gasteiger partial charge >= 0.3 is 5.97 Å². The highest BCUT2D eigenvalue weighted by Crippen LogP contribution is 2.35. The highest BCUT2D eigenvalue weighted by Gasteiger charge is 2.29. The van der Waals surface area contributed by atoms with Gasteiger partial charge < -0.3 is 50.8 Å². The maximum atomic E-state index is 10.3. The average molecular weight is 350 g/mol. The van der Waals surface area contributed by atoms with Crippen molar-refractivity contribution in [3.63, 3.8) is 0 Å². The number of hydrogen-bond acceptors (Lipinski definition) is 10. The molecular formula is C13H18O11. The van der Waals surface area contributed by atoms with Gasteiger partial charge in [0.2, 0.25) is 0 Å². The Hall–Kier alpha value is -2.44. The van der Waals surface area contributed by atoms with Crippen LogP contribution < -0.4 is 0 Å². The second-order valence-corrected chi connectivity index (χ2v) is 4.53. The van der Waals surface area contributed by atoms with Crippen molar-refractivity contribution in [2.45, 2.75) is 24.4 Å². The molecule has 0 radical (unpaired) electrons. The number of hydrogen-bond donors (Lipinski definition) is 9. The molecule has 0 aliphatic rings. The van der Waals surface area contributed by atoms with Gasteiger partial charge in [0, 0.05) is 0 Å². The lowest BCUT2D eigenvalue weighted by molar-refractivity contribution is -0.136. The zero-order chi connectivity index (χ0) is 19.0. The summed E-state index contributed by atoms with van der Waals surface area (Å²) in [7, 11) is 0. The lowest BCUT2D eigenvalue weighted by Gasteiger charge is -2.22. The molecule has 1 rings (SSSR count). The first-order valence-electron chi connectivity index (χ1n) is 6.33. The van der Waals surface area contributed by atoms with Gasteiger partial charge in [0.15, 0.2) is 23.5 Å². The van der Waals surface area contributed by atoms with Crippen LogP contribution in [0.3, 0.4) is 0 Å². The van der Waals surface area contributed by atoms with Crippen LogP contribution in [0.2, 0.25) is 0 Å². The molecule has 1 aromatic rings. The van der Waals surface area contributed by atoms with E-state index in [4.69, 9.17) is 46.0 Å². The molecule has 0 aliphatic carbocycles. The number of rotatable bonds is 6. The largest absolute Gasteiger partial charge is 0.504 e. The van der Waals surface area contributed by atoms with Gasteiger partial charge in [-0.25, -0.2) is 4.79 Å². The minimum absolute atomic E-state index is 0.0258. The zero-order valence-corrected chi connectivity index (χ0v) is 12.1. The third-order valence-corrected chi connectivity index (χ3v) is 2.74. The number of aromatic carboxylic acids is 1. The fraction of sp³-hybridized carbons (Fsp3) is 0.385. The van der Waals surface area contributed by atoms with E-state index in [1.165, 1.54) is 0 Å². The maximum absolute atomic E-state index is 10.3. The van der Waals surface area contributed by atoms with Crippen LogP contribution >= 0.6 is 0 Å². The average Bonchev–Trinajstić information content (AvgIpc) is 2.56. The summed E-state index contributed by atoms with van der Waals surface area (Å²) in [5, 5.41) is 78.5. The Morgan fingerprint density at radius 3 is 1.79 bits per heavy atom. The number of carbonyl (C=O) groups excluding carboxylic acids is 1. The molecule has 0 fully saturated rings. The Balaban J connectivity index is 0.000000441. The highest BCUT2D eigenvalue weighted by molar-refractivity contribution is 5.89. The minimum atomic E-state index is -1.79. The van der Waals surface area contributed by atoms with Crippen molar-refractivity contribution in [3.05, 3.63) is 17.7 Å². The zero-order valence-electron chi connectivity index (χ0n) is 12.1. The van der Waals surface area contributed by atoms with E-state index in [-0.39, 0.29) is 11.8 Å². The Morgan fingerprint density at radius 2 is 1.46 bits per heavy atom. The van der Waals surface area contributed by atoms with E-state index >= 15 is 0 Å². The summed E-state index contributed by atoms with van der Waals surface area (Å²) in [5.74, 6) is -3.33. The van der Waals surface area contributed by atoms with Gasteiger partial charge in [-0.3, -0.25) is 0 Å². The van der Waals surface area contributed by atoms with Crippen molar-refractivity contribution in [2.24, 2.45) is 0 Å². The monoisotopic (exact) mass is 350 g/mol. The summed E-state index contributed by atoms with van der Waals surface area (Å²) < 4.78 is 0. The van der Waals surface area contributed by atoms with Crippen LogP contribution in [0, 0.1) is 0 Å². The predicted octanol–water partition coefficient (Wildman–Crippen LogP) is -2.88. The summed E-state index contributed by atoms with van der Waals surface area (Å²) in [6.45, 7) is -0.760. The first-order chi connectivity index (χ1) is 11.1. The summed E-state index contributed by atoms with van der Waals surface area (Å²) >= 11 is 0. The summed E-state index contributed by atoms with van der Waals surface area (Å²) in [4.78, 5) is 20.2. The van der Waals surface area contributed by atoms with Crippen molar-refractivity contribution in [1.29, 1.82) is 0 Å². The van der Waals surface area contributed by atoms with E-state index in [0.29, 0.717) is 0 Å². The summed E-state index contributed by atoms with van der Waals surface area (Å²) in [6.07, 6.45) is -6.84. The number of phenolic OH excluding ortho intramolecular Hbond substituents is 3. The number of carbonyl (C=O) groups is 2. The van der Waals surface area contributed by atoms with Gasteiger partial charge in [-0.15, -0.1) is 0 Å². The Kier molecular flexibility index (Phi) is 8.66. The number of aldehydes is 1. The molecule has 0 aliphatic heterocycles. The molecule has 11 nitrogen and oxygen atoms in total. The Bertz CT molecular complexity index is 536. The molecule has 0 aromatic heterocycles. The topological polar surface area (TPSA) is 216 Å². The van der Waals surface area contributed by atoms with Crippen molar-refractivity contribution < 1.29 is 55.5 Å². The third kappa shape index (κ3) is 5.98. The van der Waals surface area contributed by atoms with E-state index in [0.717, 1.165) is 12.1 Å². The molecule has 9 N–H and O–H groups in total. The van der Waals surface area contributed by atoms with Crippen LogP contribution in [0.4, 0.5) is 0 Å². The molecule has 4 unspecified atom stereocenters. The van der Waals surface area contributed by atoms with Crippen LogP contribution in [0.5, 0.6) is 17.2 Å². The lowest BCUT2D eigenvalue weighted by Crippen LogP contribution is -2.46. The summed E-state index contributed by atoms with van der Waals surface area (Å²) in [6, 6.07) is 1.69. The van der Waals surface area contributed by atoms with Crippen LogP contribution in [-0.4, -0.2) is 89.2 Å². The normalized spacial score (nSPS) is 15.4. The van der Waals surface area contributed by atoms with Gasteiger partial charge in [0.25, 0.3) is 0 Å². The van der Waals surface area contributed by atoms with E-state index in [2.05, 4.69) is 0 Å². The summed E-state index contributed by atoms with van der Waals surface area (Å²) in [5.41, 5.74) is -0.289. The Labute approximate surface area is 134 Å². The van der Waals surface area contributed by atoms with Crippen molar-refractivity contribution >= 4 is 12.3 Å². The fourth-order valence-corrected chi connectivity index (χ4v) is 1.35. The Morgan fingerprint density at radius 1 is 1.00 bits per heavy atom. The van der Waals surface area contributed by atoms with Gasteiger partial charge in [-0.05, 0) is 12.1 Å². The van der Waals surface area contributed by atoms with E-state index in [1.54, 1.807) is 0 Å². The molecule has 4 atom stereocenters. The third-order valence-electron chi connectivity index (χ3n) is 2.74. The maximum Gasteiger partial charge on any atom is 0.335 e. The van der Waals surface area contributed by atoms with Crippen LogP contribution in [0.15, 0.2) is 12.1 Å². The number of aliphatic hydroxyl groups excluding tert-OH is 5. The molecule has 24 heavy (non-hydrogen) atoms. The molecule has 11 heteroatoms. The molecule has 0 amide bonds. The fourth-order valence-electron chi connectivity index (χ4n) is 1.35. The van der Waals surface area contributed by atoms with Crippen molar-refractivity contribution in [1.82, 2.24) is 0 Å². The van der Waals surface area contributed by atoms with E-state index in [1.807, 2.05) is 0 Å². The standard InChI is InChI=1S/C7H6O5.C6H12O6/c8-4-1-3(7(11)12)2-5(9)6(4)10;7-1-3(9)5(11)6(12)4(10)2-8/h1-2,8-10H,(H,11,12);1,3-6,8-12H,2H2. The van der Waals surface area contributed by atoms with E-state index in [9.17, 15) is 9.59 Å². The number of carboxylic acids is 1. The number of carboxylic acid groups (broad SMARTS) is 1. The quantitative estimate of drug-likeness (QED) is 0.187. The number of aliphatic hydroxyl groups is 5. The molecular weight excluding hydrogens is 332 g/mol. The second kappa shape index (κ2) is 9.64. The first kappa shape index (κ1) is 21.6. The minimum Gasteiger partial charge on any atom is -0.504 e. The molecule has 0 saturated heterocycles. The number of aromatic hydroxyl groups is 3. The van der Waals surface area contributed by atoms with Crippen molar-refractivity contribution in [3.8, 4) is 17.2 Å². The molecule has 136 valence electrons.